The largest absolute Gasteiger partial charge is 0.207 e. The van der Waals surface area contributed by atoms with E-state index >= 15 is 0 Å². The maximum atomic E-state index is 13.3. The van der Waals surface area contributed by atoms with Crippen molar-refractivity contribution in [3.05, 3.63) is 35.4 Å². The first-order chi connectivity index (χ1) is 6.66. The minimum absolute atomic E-state index is 0.143. The van der Waals surface area contributed by atoms with Crippen molar-refractivity contribution in [2.24, 2.45) is 0 Å². The van der Waals surface area contributed by atoms with Crippen LogP contribution in [0.25, 0.3) is 0 Å². The Kier molecular flexibility index (Phi) is 2.73. The molecule has 2 atom stereocenters. The fraction of sp³-hybridized carbons (Fsp3) is 0.455. The van der Waals surface area contributed by atoms with Crippen LogP contribution in [-0.2, 0) is 0 Å². The van der Waals surface area contributed by atoms with Crippen molar-refractivity contribution < 1.29 is 8.78 Å². The van der Waals surface area contributed by atoms with Gasteiger partial charge in [0.2, 0.25) is 0 Å². The molecule has 0 aromatic heterocycles. The lowest BCUT2D eigenvalue weighted by Crippen LogP contribution is -1.98. The Bertz CT molecular complexity index is 338. The molecule has 0 aliphatic heterocycles. The smallest absolute Gasteiger partial charge is 0.129 e. The van der Waals surface area contributed by atoms with Crippen molar-refractivity contribution in [1.29, 1.82) is 0 Å². The van der Waals surface area contributed by atoms with Gasteiger partial charge in [-0.3, -0.25) is 0 Å². The molecule has 1 saturated carbocycles. The van der Waals surface area contributed by atoms with E-state index in [0.29, 0.717) is 5.56 Å². The normalized spacial score (nSPS) is 26.8. The molecule has 0 heterocycles. The molecule has 0 radical (unpaired) electrons. The van der Waals surface area contributed by atoms with E-state index in [4.69, 9.17) is 11.6 Å². The van der Waals surface area contributed by atoms with Crippen LogP contribution in [-0.4, -0.2) is 5.38 Å². The molecular formula is C11H11ClF2. The van der Waals surface area contributed by atoms with E-state index < -0.39 is 11.6 Å². The van der Waals surface area contributed by atoms with Crippen LogP contribution in [0.3, 0.4) is 0 Å². The lowest BCUT2D eigenvalue weighted by molar-refractivity contribution is 0.554. The molecule has 0 nitrogen and oxygen atoms in total. The Balaban J connectivity index is 2.24. The molecule has 0 saturated heterocycles. The number of benzene rings is 1. The van der Waals surface area contributed by atoms with E-state index in [0.717, 1.165) is 25.3 Å². The quantitative estimate of drug-likeness (QED) is 0.626. The SMILES string of the molecule is Fc1ccc(C2CCC(Cl)C2)c(F)c1. The maximum absolute atomic E-state index is 13.3. The van der Waals surface area contributed by atoms with Gasteiger partial charge in [-0.1, -0.05) is 6.07 Å². The Morgan fingerprint density at radius 3 is 2.57 bits per heavy atom. The fourth-order valence-electron chi connectivity index (χ4n) is 2.04. The van der Waals surface area contributed by atoms with Gasteiger partial charge in [-0.15, -0.1) is 11.6 Å². The average molecular weight is 217 g/mol. The highest BCUT2D eigenvalue weighted by molar-refractivity contribution is 6.20. The minimum Gasteiger partial charge on any atom is -0.207 e. The highest BCUT2D eigenvalue weighted by Crippen LogP contribution is 2.38. The maximum Gasteiger partial charge on any atom is 0.129 e. The number of alkyl halides is 1. The average Bonchev–Trinajstić information content (AvgIpc) is 2.51. The summed E-state index contributed by atoms with van der Waals surface area (Å²) in [4.78, 5) is 0. The molecule has 0 bridgehead atoms. The Hall–Kier alpha value is -0.630. The van der Waals surface area contributed by atoms with Crippen molar-refractivity contribution in [3.8, 4) is 0 Å². The summed E-state index contributed by atoms with van der Waals surface area (Å²) < 4.78 is 26.0. The molecule has 1 aromatic carbocycles. The van der Waals surface area contributed by atoms with Crippen LogP contribution < -0.4 is 0 Å². The second kappa shape index (κ2) is 3.85. The van der Waals surface area contributed by atoms with E-state index in [-0.39, 0.29) is 11.3 Å². The Morgan fingerprint density at radius 1 is 1.21 bits per heavy atom. The summed E-state index contributed by atoms with van der Waals surface area (Å²) in [5.74, 6) is -0.800. The number of rotatable bonds is 1. The van der Waals surface area contributed by atoms with Gasteiger partial charge in [0.1, 0.15) is 11.6 Å². The van der Waals surface area contributed by atoms with E-state index in [1.165, 1.54) is 12.1 Å². The zero-order valence-electron chi connectivity index (χ0n) is 7.64. The zero-order valence-corrected chi connectivity index (χ0v) is 8.40. The van der Waals surface area contributed by atoms with Crippen molar-refractivity contribution >= 4 is 11.6 Å². The third kappa shape index (κ3) is 1.90. The fourth-order valence-corrected chi connectivity index (χ4v) is 2.38. The predicted molar refractivity (Wildman–Crippen MR) is 52.6 cm³/mol. The molecule has 1 fully saturated rings. The van der Waals surface area contributed by atoms with Crippen LogP contribution >= 0.6 is 11.6 Å². The highest BCUT2D eigenvalue weighted by atomic mass is 35.5. The van der Waals surface area contributed by atoms with Crippen LogP contribution in [0, 0.1) is 11.6 Å². The standard InChI is InChI=1S/C11H11ClF2/c12-8-2-1-7(5-8)10-4-3-9(13)6-11(10)14/h3-4,6-8H,1-2,5H2. The van der Waals surface area contributed by atoms with Gasteiger partial charge in [-0.05, 0) is 36.8 Å². The topological polar surface area (TPSA) is 0 Å². The second-order valence-electron chi connectivity index (χ2n) is 3.77. The molecule has 14 heavy (non-hydrogen) atoms. The molecule has 2 rings (SSSR count). The van der Waals surface area contributed by atoms with E-state index in [2.05, 4.69) is 0 Å². The second-order valence-corrected chi connectivity index (χ2v) is 4.39. The first kappa shape index (κ1) is 9.91. The van der Waals surface area contributed by atoms with Crippen molar-refractivity contribution in [1.82, 2.24) is 0 Å². The third-order valence-corrected chi connectivity index (χ3v) is 3.17. The molecular weight excluding hydrogens is 206 g/mol. The molecule has 76 valence electrons. The molecule has 3 heteroatoms. The molecule has 1 aliphatic carbocycles. The summed E-state index contributed by atoms with van der Waals surface area (Å²) in [6.07, 6.45) is 2.61. The molecule has 1 aromatic rings. The van der Waals surface area contributed by atoms with Crippen LogP contribution in [0.15, 0.2) is 18.2 Å². The van der Waals surface area contributed by atoms with Gasteiger partial charge in [-0.2, -0.15) is 0 Å². The molecule has 0 amide bonds. The summed E-state index contributed by atoms with van der Waals surface area (Å²) >= 11 is 5.94. The highest BCUT2D eigenvalue weighted by Gasteiger charge is 2.26. The first-order valence-corrected chi connectivity index (χ1v) is 5.19. The Labute approximate surface area is 86.9 Å². The summed E-state index contributed by atoms with van der Waals surface area (Å²) in [6, 6.07) is 3.78. The number of hydrogen-bond donors (Lipinski definition) is 0. The lowest BCUT2D eigenvalue weighted by Gasteiger charge is -2.10. The Morgan fingerprint density at radius 2 is 2.00 bits per heavy atom. The molecule has 1 aliphatic rings. The number of hydrogen-bond acceptors (Lipinski definition) is 0. The van der Waals surface area contributed by atoms with Gasteiger partial charge in [-0.25, -0.2) is 8.78 Å². The monoisotopic (exact) mass is 216 g/mol. The zero-order chi connectivity index (χ0) is 10.1. The summed E-state index contributed by atoms with van der Waals surface area (Å²) in [7, 11) is 0. The molecule has 0 N–H and O–H groups in total. The van der Waals surface area contributed by atoms with E-state index in [1.807, 2.05) is 0 Å². The van der Waals surface area contributed by atoms with Gasteiger partial charge in [0.25, 0.3) is 0 Å². The molecule has 0 spiro atoms. The van der Waals surface area contributed by atoms with Crippen LogP contribution in [0.2, 0.25) is 0 Å². The van der Waals surface area contributed by atoms with Gasteiger partial charge in [0.05, 0.1) is 0 Å². The summed E-state index contributed by atoms with van der Waals surface area (Å²) in [5.41, 5.74) is 0.606. The van der Waals surface area contributed by atoms with Crippen LogP contribution in [0.1, 0.15) is 30.7 Å². The summed E-state index contributed by atoms with van der Waals surface area (Å²) in [5, 5.41) is 0.143. The van der Waals surface area contributed by atoms with E-state index in [9.17, 15) is 8.78 Å². The summed E-state index contributed by atoms with van der Waals surface area (Å²) in [6.45, 7) is 0. The van der Waals surface area contributed by atoms with Crippen LogP contribution in [0.4, 0.5) is 8.78 Å². The predicted octanol–water partition coefficient (Wildman–Crippen LogP) is 3.84. The third-order valence-electron chi connectivity index (χ3n) is 2.77. The molecule has 2 unspecified atom stereocenters. The first-order valence-electron chi connectivity index (χ1n) is 4.76. The van der Waals surface area contributed by atoms with Gasteiger partial charge >= 0.3 is 0 Å². The van der Waals surface area contributed by atoms with Crippen LogP contribution in [0.5, 0.6) is 0 Å². The van der Waals surface area contributed by atoms with Crippen molar-refractivity contribution in [3.63, 3.8) is 0 Å². The van der Waals surface area contributed by atoms with Gasteiger partial charge in [0.15, 0.2) is 0 Å². The number of halogens is 3. The van der Waals surface area contributed by atoms with Gasteiger partial charge < -0.3 is 0 Å². The van der Waals surface area contributed by atoms with E-state index in [1.54, 1.807) is 0 Å². The minimum atomic E-state index is -0.522. The lowest BCUT2D eigenvalue weighted by atomic mass is 9.97. The van der Waals surface area contributed by atoms with Crippen molar-refractivity contribution in [2.75, 3.05) is 0 Å². The van der Waals surface area contributed by atoms with Gasteiger partial charge in [0, 0.05) is 11.4 Å². The van der Waals surface area contributed by atoms with Crippen molar-refractivity contribution in [2.45, 2.75) is 30.6 Å².